The average molecular weight is 352 g/mol. The van der Waals surface area contributed by atoms with Crippen LogP contribution >= 0.6 is 34.5 Å². The fraction of sp³-hybridized carbons (Fsp3) is 0.182. The van der Waals surface area contributed by atoms with Gasteiger partial charge in [-0.05, 0) is 19.1 Å². The lowest BCUT2D eigenvalue weighted by Crippen LogP contribution is -2.27. The third kappa shape index (κ3) is 3.24. The Hall–Kier alpha value is -0.860. The summed E-state index contributed by atoms with van der Waals surface area (Å²) in [5.41, 5.74) is 5.70. The molecule has 1 unspecified atom stereocenters. The summed E-state index contributed by atoms with van der Waals surface area (Å²) < 4.78 is 27.2. The van der Waals surface area contributed by atoms with Gasteiger partial charge in [-0.25, -0.2) is 18.1 Å². The van der Waals surface area contributed by atoms with Gasteiger partial charge in [0.25, 0.3) is 0 Å². The summed E-state index contributed by atoms with van der Waals surface area (Å²) in [6, 6.07) is 2.20. The zero-order chi connectivity index (χ0) is 14.9. The number of hydrogen-bond donors (Lipinski definition) is 2. The van der Waals surface area contributed by atoms with Crippen LogP contribution in [0.2, 0.25) is 10.0 Å². The maximum Gasteiger partial charge on any atom is 0.244 e. The number of anilines is 1. The number of halogens is 2. The minimum atomic E-state index is -3.86. The molecule has 0 aliphatic heterocycles. The number of nitrogens with two attached hydrogens (primary N) is 1. The molecule has 0 aliphatic carbocycles. The van der Waals surface area contributed by atoms with Crippen LogP contribution in [0.1, 0.15) is 18.0 Å². The Morgan fingerprint density at radius 2 is 2.10 bits per heavy atom. The number of thiazole rings is 1. The Kier molecular flexibility index (Phi) is 4.55. The summed E-state index contributed by atoms with van der Waals surface area (Å²) in [7, 11) is -3.86. The molecule has 0 amide bonds. The molecule has 9 heteroatoms. The van der Waals surface area contributed by atoms with Crippen LogP contribution < -0.4 is 10.5 Å². The number of benzene rings is 1. The van der Waals surface area contributed by atoms with Crippen LogP contribution in [0.15, 0.2) is 28.6 Å². The maximum absolute atomic E-state index is 12.3. The van der Waals surface area contributed by atoms with E-state index in [1.165, 1.54) is 23.5 Å². The smallest absolute Gasteiger partial charge is 0.244 e. The summed E-state index contributed by atoms with van der Waals surface area (Å²) in [6.07, 6.45) is 1.61. The third-order valence-corrected chi connectivity index (χ3v) is 5.70. The van der Waals surface area contributed by atoms with E-state index in [2.05, 4.69) is 9.71 Å². The third-order valence-electron chi connectivity index (χ3n) is 2.46. The molecule has 0 radical (unpaired) electrons. The molecule has 0 saturated heterocycles. The first-order chi connectivity index (χ1) is 9.31. The van der Waals surface area contributed by atoms with Crippen LogP contribution in [0.5, 0.6) is 0 Å². The van der Waals surface area contributed by atoms with Gasteiger partial charge in [0.1, 0.15) is 9.90 Å². The summed E-state index contributed by atoms with van der Waals surface area (Å²) in [4.78, 5) is 3.89. The molecule has 2 rings (SSSR count). The molecule has 0 spiro atoms. The first-order valence-corrected chi connectivity index (χ1v) is 8.59. The molecule has 1 heterocycles. The van der Waals surface area contributed by atoms with Crippen molar-refractivity contribution in [3.05, 3.63) is 38.8 Å². The average Bonchev–Trinajstić information content (AvgIpc) is 2.78. The van der Waals surface area contributed by atoms with Crippen molar-refractivity contribution in [1.82, 2.24) is 9.71 Å². The van der Waals surface area contributed by atoms with Gasteiger partial charge in [-0.3, -0.25) is 0 Å². The van der Waals surface area contributed by atoms with E-state index in [1.807, 2.05) is 0 Å². The van der Waals surface area contributed by atoms with Crippen molar-refractivity contribution in [2.45, 2.75) is 17.9 Å². The van der Waals surface area contributed by atoms with Gasteiger partial charge < -0.3 is 5.73 Å². The molecule has 1 aromatic heterocycles. The molecular weight excluding hydrogens is 341 g/mol. The van der Waals surface area contributed by atoms with Crippen molar-refractivity contribution in [1.29, 1.82) is 0 Å². The number of sulfonamides is 1. The van der Waals surface area contributed by atoms with Crippen LogP contribution in [0.3, 0.4) is 0 Å². The van der Waals surface area contributed by atoms with Crippen LogP contribution in [0.25, 0.3) is 0 Å². The Balaban J connectivity index is 2.37. The van der Waals surface area contributed by atoms with Gasteiger partial charge in [-0.1, -0.05) is 23.2 Å². The van der Waals surface area contributed by atoms with Crippen molar-refractivity contribution in [2.24, 2.45) is 0 Å². The number of rotatable bonds is 4. The molecule has 0 bridgehead atoms. The van der Waals surface area contributed by atoms with Gasteiger partial charge in [0.2, 0.25) is 10.0 Å². The van der Waals surface area contributed by atoms with E-state index in [-0.39, 0.29) is 20.6 Å². The first-order valence-electron chi connectivity index (χ1n) is 5.47. The summed E-state index contributed by atoms with van der Waals surface area (Å²) in [6.45, 7) is 1.69. The Bertz CT molecular complexity index is 694. The van der Waals surface area contributed by atoms with Crippen molar-refractivity contribution in [2.75, 3.05) is 5.73 Å². The monoisotopic (exact) mass is 351 g/mol. The standard InChI is InChI=1S/C11H11Cl2N3O2S2/c1-6(11-15-2-3-19-11)16-20(17,18)10-8(13)4-7(12)5-9(10)14/h2-6,16H,14H2,1H3. The summed E-state index contributed by atoms with van der Waals surface area (Å²) in [5.74, 6) is 0. The minimum absolute atomic E-state index is 0.00124. The predicted octanol–water partition coefficient (Wildman–Crippen LogP) is 3.07. The van der Waals surface area contributed by atoms with Crippen molar-refractivity contribution < 1.29 is 8.42 Å². The van der Waals surface area contributed by atoms with Gasteiger partial charge >= 0.3 is 0 Å². The number of nitrogens with one attached hydrogen (secondary N) is 1. The van der Waals surface area contributed by atoms with Crippen molar-refractivity contribution in [3.8, 4) is 0 Å². The molecule has 0 saturated carbocycles. The highest BCUT2D eigenvalue weighted by Crippen LogP contribution is 2.32. The SMILES string of the molecule is CC(NS(=O)(=O)c1c(N)cc(Cl)cc1Cl)c1nccs1. The molecule has 2 aromatic rings. The quantitative estimate of drug-likeness (QED) is 0.828. The number of nitrogens with zero attached hydrogens (tertiary/aromatic N) is 1. The highest BCUT2D eigenvalue weighted by atomic mass is 35.5. The lowest BCUT2D eigenvalue weighted by atomic mass is 10.3. The second kappa shape index (κ2) is 5.87. The number of hydrogen-bond acceptors (Lipinski definition) is 5. The Morgan fingerprint density at radius 1 is 1.40 bits per heavy atom. The molecule has 5 nitrogen and oxygen atoms in total. The molecule has 1 atom stereocenters. The zero-order valence-corrected chi connectivity index (χ0v) is 13.4. The predicted molar refractivity (Wildman–Crippen MR) is 81.7 cm³/mol. The van der Waals surface area contributed by atoms with Crippen LogP contribution in [0.4, 0.5) is 5.69 Å². The molecule has 0 fully saturated rings. The largest absolute Gasteiger partial charge is 0.398 e. The van der Waals surface area contributed by atoms with Gasteiger partial charge in [0.05, 0.1) is 16.8 Å². The lowest BCUT2D eigenvalue weighted by molar-refractivity contribution is 0.567. The van der Waals surface area contributed by atoms with Crippen molar-refractivity contribution >= 4 is 50.2 Å². The van der Waals surface area contributed by atoms with Crippen molar-refractivity contribution in [3.63, 3.8) is 0 Å². The van der Waals surface area contributed by atoms with Gasteiger partial charge in [0, 0.05) is 16.6 Å². The maximum atomic E-state index is 12.3. The van der Waals surface area contributed by atoms with E-state index in [9.17, 15) is 8.42 Å². The molecule has 108 valence electrons. The van der Waals surface area contributed by atoms with Gasteiger partial charge in [-0.2, -0.15) is 0 Å². The number of nitrogen functional groups attached to an aromatic ring is 1. The molecular formula is C11H11Cl2N3O2S2. The zero-order valence-electron chi connectivity index (χ0n) is 10.3. The lowest BCUT2D eigenvalue weighted by Gasteiger charge is -2.14. The first kappa shape index (κ1) is 15.5. The fourth-order valence-electron chi connectivity index (χ4n) is 1.65. The van der Waals surface area contributed by atoms with Crippen LogP contribution in [-0.4, -0.2) is 13.4 Å². The summed E-state index contributed by atoms with van der Waals surface area (Å²) in [5, 5.41) is 2.68. The summed E-state index contributed by atoms with van der Waals surface area (Å²) >= 11 is 13.1. The fourth-order valence-corrected chi connectivity index (χ4v) is 4.57. The Labute approximate surface area is 130 Å². The van der Waals surface area contributed by atoms with E-state index >= 15 is 0 Å². The second-order valence-electron chi connectivity index (χ2n) is 4.02. The minimum Gasteiger partial charge on any atom is -0.398 e. The topological polar surface area (TPSA) is 85.1 Å². The van der Waals surface area contributed by atoms with E-state index in [0.29, 0.717) is 5.01 Å². The van der Waals surface area contributed by atoms with E-state index in [1.54, 1.807) is 18.5 Å². The van der Waals surface area contributed by atoms with Crippen LogP contribution in [-0.2, 0) is 10.0 Å². The van der Waals surface area contributed by atoms with E-state index in [4.69, 9.17) is 28.9 Å². The van der Waals surface area contributed by atoms with Gasteiger partial charge in [-0.15, -0.1) is 11.3 Å². The van der Waals surface area contributed by atoms with E-state index in [0.717, 1.165) is 0 Å². The van der Waals surface area contributed by atoms with E-state index < -0.39 is 16.1 Å². The van der Waals surface area contributed by atoms with Gasteiger partial charge in [0.15, 0.2) is 0 Å². The Morgan fingerprint density at radius 3 is 2.65 bits per heavy atom. The normalized spacial score (nSPS) is 13.3. The number of aromatic nitrogens is 1. The second-order valence-corrected chi connectivity index (χ2v) is 7.44. The highest BCUT2D eigenvalue weighted by molar-refractivity contribution is 7.89. The molecule has 1 aromatic carbocycles. The van der Waals surface area contributed by atoms with Crippen LogP contribution in [0, 0.1) is 0 Å². The highest BCUT2D eigenvalue weighted by Gasteiger charge is 2.25. The molecule has 20 heavy (non-hydrogen) atoms. The molecule has 0 aliphatic rings. The molecule has 3 N–H and O–H groups in total.